The highest BCUT2D eigenvalue weighted by Gasteiger charge is 2.61. The molecule has 4 rings (SSSR count). The summed E-state index contributed by atoms with van der Waals surface area (Å²) in [7, 11) is 0. The number of rotatable bonds is 2. The Morgan fingerprint density at radius 3 is 2.61 bits per heavy atom. The first-order chi connectivity index (χ1) is 10.9. The van der Waals surface area contributed by atoms with Gasteiger partial charge in [-0.25, -0.2) is 9.97 Å². The van der Waals surface area contributed by atoms with E-state index in [1.54, 1.807) is 0 Å². The average molecular weight is 340 g/mol. The van der Waals surface area contributed by atoms with Gasteiger partial charge in [-0.2, -0.15) is 13.2 Å². The molecule has 0 spiro atoms. The summed E-state index contributed by atoms with van der Waals surface area (Å²) in [6.45, 7) is 1.35. The molecule has 1 aromatic heterocycles. The van der Waals surface area contributed by atoms with Crippen molar-refractivity contribution in [1.29, 1.82) is 0 Å². The van der Waals surface area contributed by atoms with E-state index in [9.17, 15) is 13.2 Å². The third-order valence-electron chi connectivity index (χ3n) is 4.79. The van der Waals surface area contributed by atoms with E-state index in [1.807, 2.05) is 23.1 Å². The molecule has 1 saturated heterocycles. The Labute approximate surface area is 136 Å². The van der Waals surface area contributed by atoms with Crippen LogP contribution in [0.15, 0.2) is 36.4 Å². The van der Waals surface area contributed by atoms with Crippen LogP contribution in [0.5, 0.6) is 0 Å². The van der Waals surface area contributed by atoms with Crippen LogP contribution >= 0.6 is 11.6 Å². The van der Waals surface area contributed by atoms with Gasteiger partial charge in [0.05, 0.1) is 0 Å². The van der Waals surface area contributed by atoms with Crippen LogP contribution in [-0.4, -0.2) is 23.1 Å². The van der Waals surface area contributed by atoms with Gasteiger partial charge < -0.3 is 4.90 Å². The van der Waals surface area contributed by atoms with E-state index in [1.165, 1.54) is 5.56 Å². The quantitative estimate of drug-likeness (QED) is 0.776. The van der Waals surface area contributed by atoms with Crippen molar-refractivity contribution in [3.05, 3.63) is 52.9 Å². The van der Waals surface area contributed by atoms with Gasteiger partial charge in [-0.1, -0.05) is 30.3 Å². The van der Waals surface area contributed by atoms with E-state index in [-0.39, 0.29) is 16.5 Å². The van der Waals surface area contributed by atoms with Crippen molar-refractivity contribution in [3.63, 3.8) is 0 Å². The number of halogens is 4. The highest BCUT2D eigenvalue weighted by atomic mass is 35.5. The molecule has 1 saturated carbocycles. The molecule has 2 aromatic rings. The lowest BCUT2D eigenvalue weighted by molar-refractivity contribution is -0.141. The highest BCUT2D eigenvalue weighted by Crippen LogP contribution is 2.59. The smallest absolute Gasteiger partial charge is 0.355 e. The molecule has 0 N–H and O–H groups in total. The summed E-state index contributed by atoms with van der Waals surface area (Å²) in [5, 5.41) is -0.371. The molecular formula is C16H13ClF3N3. The number of hydrogen-bond donors (Lipinski definition) is 0. The van der Waals surface area contributed by atoms with Gasteiger partial charge >= 0.3 is 6.18 Å². The molecule has 2 aliphatic rings. The standard InChI is InChI=1S/C16H13ClF3N3/c17-14-21-12(16(18,19)20)6-13(22-14)23-8-11-7-15(11,9-23)10-4-2-1-3-5-10/h1-6,11H,7-9H2. The molecule has 1 aromatic carbocycles. The Bertz CT molecular complexity index is 750. The van der Waals surface area contributed by atoms with Crippen molar-refractivity contribution in [2.45, 2.75) is 18.0 Å². The number of benzene rings is 1. The third-order valence-corrected chi connectivity index (χ3v) is 4.96. The number of nitrogens with zero attached hydrogens (tertiary/aromatic N) is 3. The molecule has 2 fully saturated rings. The first-order valence-electron chi connectivity index (χ1n) is 7.31. The van der Waals surface area contributed by atoms with Crippen LogP contribution in [0.2, 0.25) is 5.28 Å². The van der Waals surface area contributed by atoms with Crippen LogP contribution < -0.4 is 4.90 Å². The lowest BCUT2D eigenvalue weighted by Crippen LogP contribution is -2.27. The van der Waals surface area contributed by atoms with Crippen molar-refractivity contribution < 1.29 is 13.2 Å². The van der Waals surface area contributed by atoms with Crippen molar-refractivity contribution in [2.24, 2.45) is 5.92 Å². The van der Waals surface area contributed by atoms with E-state index < -0.39 is 11.9 Å². The SMILES string of the molecule is FC(F)(F)c1cc(N2CC3CC3(c3ccccc3)C2)nc(Cl)n1. The maximum absolute atomic E-state index is 12.9. The zero-order chi connectivity index (χ0) is 16.2. The zero-order valence-corrected chi connectivity index (χ0v) is 12.8. The van der Waals surface area contributed by atoms with Crippen LogP contribution in [-0.2, 0) is 11.6 Å². The Morgan fingerprint density at radius 2 is 1.91 bits per heavy atom. The summed E-state index contributed by atoms with van der Waals surface area (Å²) in [6, 6.07) is 11.1. The van der Waals surface area contributed by atoms with Gasteiger partial charge in [-0.3, -0.25) is 0 Å². The lowest BCUT2D eigenvalue weighted by Gasteiger charge is -2.23. The van der Waals surface area contributed by atoms with Crippen LogP contribution in [0.3, 0.4) is 0 Å². The molecule has 1 aliphatic heterocycles. The van der Waals surface area contributed by atoms with Gasteiger partial charge in [-0.05, 0) is 29.5 Å². The molecule has 23 heavy (non-hydrogen) atoms. The molecule has 0 amide bonds. The average Bonchev–Trinajstić information content (AvgIpc) is 3.09. The summed E-state index contributed by atoms with van der Waals surface area (Å²) in [5.41, 5.74) is 0.280. The number of aromatic nitrogens is 2. The molecule has 0 radical (unpaired) electrons. The first kappa shape index (κ1) is 14.8. The molecule has 2 atom stereocenters. The van der Waals surface area contributed by atoms with Gasteiger partial charge in [0, 0.05) is 24.6 Å². The molecular weight excluding hydrogens is 327 g/mol. The summed E-state index contributed by atoms with van der Waals surface area (Å²) in [6.07, 6.45) is -3.46. The van der Waals surface area contributed by atoms with Crippen LogP contribution in [0, 0.1) is 5.92 Å². The molecule has 3 nitrogen and oxygen atoms in total. The zero-order valence-electron chi connectivity index (χ0n) is 12.0. The Kier molecular flexibility index (Phi) is 3.10. The molecule has 2 unspecified atom stereocenters. The van der Waals surface area contributed by atoms with Crippen LogP contribution in [0.25, 0.3) is 0 Å². The summed E-state index contributed by atoms with van der Waals surface area (Å²) in [4.78, 5) is 9.15. The minimum atomic E-state index is -4.53. The van der Waals surface area contributed by atoms with Crippen molar-refractivity contribution in [2.75, 3.05) is 18.0 Å². The van der Waals surface area contributed by atoms with Gasteiger partial charge in [0.25, 0.3) is 0 Å². The second-order valence-corrected chi connectivity index (χ2v) is 6.52. The summed E-state index contributed by atoms with van der Waals surface area (Å²) in [5.74, 6) is 0.702. The van der Waals surface area contributed by atoms with Gasteiger partial charge in [0.2, 0.25) is 5.28 Å². The Balaban J connectivity index is 1.63. The number of fused-ring (bicyclic) bond motifs is 1. The fourth-order valence-corrected chi connectivity index (χ4v) is 3.76. The molecule has 0 bridgehead atoms. The van der Waals surface area contributed by atoms with Crippen molar-refractivity contribution in [1.82, 2.24) is 9.97 Å². The fourth-order valence-electron chi connectivity index (χ4n) is 3.59. The number of piperidine rings is 1. The number of alkyl halides is 3. The maximum atomic E-state index is 12.9. The minimum Gasteiger partial charge on any atom is -0.355 e. The van der Waals surface area contributed by atoms with E-state index in [0.29, 0.717) is 19.0 Å². The van der Waals surface area contributed by atoms with E-state index in [2.05, 4.69) is 22.1 Å². The predicted octanol–water partition coefficient (Wildman–Crippen LogP) is 3.93. The van der Waals surface area contributed by atoms with Gasteiger partial charge in [0.15, 0.2) is 5.69 Å². The third kappa shape index (κ3) is 2.45. The molecule has 2 heterocycles. The van der Waals surface area contributed by atoms with Crippen molar-refractivity contribution in [3.8, 4) is 0 Å². The number of hydrogen-bond acceptors (Lipinski definition) is 3. The monoisotopic (exact) mass is 339 g/mol. The van der Waals surface area contributed by atoms with Crippen LogP contribution in [0.1, 0.15) is 17.7 Å². The Hall–Kier alpha value is -1.82. The molecule has 120 valence electrons. The van der Waals surface area contributed by atoms with E-state index in [0.717, 1.165) is 12.5 Å². The summed E-state index contributed by atoms with van der Waals surface area (Å²) >= 11 is 5.68. The first-order valence-corrected chi connectivity index (χ1v) is 7.68. The topological polar surface area (TPSA) is 29.0 Å². The molecule has 7 heteroatoms. The normalized spacial score (nSPS) is 26.3. The van der Waals surface area contributed by atoms with Crippen LogP contribution in [0.4, 0.5) is 19.0 Å². The fraction of sp³-hybridized carbons (Fsp3) is 0.375. The highest BCUT2D eigenvalue weighted by molar-refractivity contribution is 6.28. The number of anilines is 1. The summed E-state index contributed by atoms with van der Waals surface area (Å²) < 4.78 is 38.7. The Morgan fingerprint density at radius 1 is 1.17 bits per heavy atom. The molecule has 1 aliphatic carbocycles. The second-order valence-electron chi connectivity index (χ2n) is 6.18. The van der Waals surface area contributed by atoms with E-state index in [4.69, 9.17) is 11.6 Å². The van der Waals surface area contributed by atoms with Crippen molar-refractivity contribution >= 4 is 17.4 Å². The van der Waals surface area contributed by atoms with Gasteiger partial charge in [-0.15, -0.1) is 0 Å². The maximum Gasteiger partial charge on any atom is 0.433 e. The van der Waals surface area contributed by atoms with Gasteiger partial charge in [0.1, 0.15) is 5.82 Å². The largest absolute Gasteiger partial charge is 0.433 e. The lowest BCUT2D eigenvalue weighted by atomic mass is 9.95. The minimum absolute atomic E-state index is 0.0388. The van der Waals surface area contributed by atoms with E-state index >= 15 is 0 Å². The second kappa shape index (κ2) is 4.84. The predicted molar refractivity (Wildman–Crippen MR) is 80.5 cm³/mol.